The van der Waals surface area contributed by atoms with Crippen LogP contribution in [-0.4, -0.2) is 39.4 Å². The number of hydrogen-bond donors (Lipinski definition) is 2. The second-order valence-electron chi connectivity index (χ2n) is 5.42. The topological polar surface area (TPSA) is 98.2 Å². The molecule has 27 heavy (non-hydrogen) atoms. The Morgan fingerprint density at radius 2 is 1.56 bits per heavy atom. The van der Waals surface area contributed by atoms with Crippen molar-refractivity contribution in [1.29, 1.82) is 0 Å². The molecule has 0 radical (unpaired) electrons. The lowest BCUT2D eigenvalue weighted by Gasteiger charge is -2.12. The molecule has 0 fully saturated rings. The number of carbonyl (C=O) groups is 2. The molecule has 2 aromatic carbocycles. The normalized spacial score (nSPS) is 10.4. The average molecular weight is 371 g/mol. The molecule has 142 valence electrons. The largest absolute Gasteiger partial charge is 0.493 e. The zero-order valence-corrected chi connectivity index (χ0v) is 15.5. The predicted octanol–water partition coefficient (Wildman–Crippen LogP) is 2.43. The van der Waals surface area contributed by atoms with Gasteiger partial charge in [0.15, 0.2) is 11.5 Å². The van der Waals surface area contributed by atoms with Crippen LogP contribution in [0.5, 0.6) is 17.2 Å². The van der Waals surface area contributed by atoms with E-state index in [0.29, 0.717) is 34.1 Å². The lowest BCUT2D eigenvalue weighted by atomic mass is 10.2. The first-order valence-electron chi connectivity index (χ1n) is 7.99. The van der Waals surface area contributed by atoms with E-state index in [-0.39, 0.29) is 11.8 Å². The smallest absolute Gasteiger partial charge is 0.271 e. The van der Waals surface area contributed by atoms with E-state index in [9.17, 15) is 9.59 Å². The highest BCUT2D eigenvalue weighted by molar-refractivity contribution is 5.96. The number of hydrazone groups is 1. The first-order valence-corrected chi connectivity index (χ1v) is 7.99. The summed E-state index contributed by atoms with van der Waals surface area (Å²) in [7, 11) is 4.56. The van der Waals surface area contributed by atoms with Gasteiger partial charge in [0.05, 0.1) is 27.5 Å². The molecule has 0 saturated carbocycles. The summed E-state index contributed by atoms with van der Waals surface area (Å²) >= 11 is 0. The van der Waals surface area contributed by atoms with Crippen LogP contribution in [0.3, 0.4) is 0 Å². The number of methoxy groups -OCH3 is 3. The maximum absolute atomic E-state index is 12.1. The van der Waals surface area contributed by atoms with Gasteiger partial charge in [-0.25, -0.2) is 5.43 Å². The second kappa shape index (κ2) is 9.23. The number of carbonyl (C=O) groups excluding carboxylic acids is 2. The van der Waals surface area contributed by atoms with E-state index in [0.717, 1.165) is 0 Å². The lowest BCUT2D eigenvalue weighted by molar-refractivity contribution is -0.114. The van der Waals surface area contributed by atoms with Gasteiger partial charge in [0, 0.05) is 23.7 Å². The van der Waals surface area contributed by atoms with Gasteiger partial charge < -0.3 is 19.5 Å². The summed E-state index contributed by atoms with van der Waals surface area (Å²) in [5, 5.41) is 6.58. The molecule has 2 aromatic rings. The quantitative estimate of drug-likeness (QED) is 0.575. The van der Waals surface area contributed by atoms with E-state index in [4.69, 9.17) is 14.2 Å². The van der Waals surface area contributed by atoms with Gasteiger partial charge in [-0.05, 0) is 36.4 Å². The molecule has 0 atom stereocenters. The van der Waals surface area contributed by atoms with Crippen LogP contribution in [0.1, 0.15) is 22.8 Å². The molecule has 8 nitrogen and oxygen atoms in total. The van der Waals surface area contributed by atoms with Crippen LogP contribution in [0.2, 0.25) is 0 Å². The molecular formula is C19H21N3O5. The van der Waals surface area contributed by atoms with Gasteiger partial charge in [-0.2, -0.15) is 5.10 Å². The minimum absolute atomic E-state index is 0.179. The van der Waals surface area contributed by atoms with Gasteiger partial charge in [0.1, 0.15) is 0 Å². The van der Waals surface area contributed by atoms with Crippen molar-refractivity contribution >= 4 is 23.7 Å². The van der Waals surface area contributed by atoms with Crippen LogP contribution in [0.4, 0.5) is 5.69 Å². The van der Waals surface area contributed by atoms with Gasteiger partial charge in [-0.1, -0.05) is 0 Å². The molecule has 0 aliphatic carbocycles. The molecule has 2 amide bonds. The van der Waals surface area contributed by atoms with Crippen molar-refractivity contribution < 1.29 is 23.8 Å². The van der Waals surface area contributed by atoms with Gasteiger partial charge in [-0.15, -0.1) is 0 Å². The summed E-state index contributed by atoms with van der Waals surface area (Å²) < 4.78 is 15.8. The molecule has 0 heterocycles. The van der Waals surface area contributed by atoms with Gasteiger partial charge >= 0.3 is 0 Å². The summed E-state index contributed by atoms with van der Waals surface area (Å²) in [4.78, 5) is 23.1. The van der Waals surface area contributed by atoms with Crippen molar-refractivity contribution in [3.63, 3.8) is 0 Å². The zero-order valence-electron chi connectivity index (χ0n) is 15.5. The number of nitrogens with one attached hydrogen (secondary N) is 2. The van der Waals surface area contributed by atoms with Gasteiger partial charge in [0.2, 0.25) is 11.7 Å². The molecule has 2 N–H and O–H groups in total. The monoisotopic (exact) mass is 371 g/mol. The van der Waals surface area contributed by atoms with Crippen molar-refractivity contribution in [2.24, 2.45) is 5.10 Å². The molecule has 0 unspecified atom stereocenters. The van der Waals surface area contributed by atoms with Crippen molar-refractivity contribution in [1.82, 2.24) is 5.43 Å². The van der Waals surface area contributed by atoms with Crippen LogP contribution in [0.25, 0.3) is 0 Å². The zero-order chi connectivity index (χ0) is 19.8. The van der Waals surface area contributed by atoms with Gasteiger partial charge in [-0.3, -0.25) is 9.59 Å². The van der Waals surface area contributed by atoms with Crippen LogP contribution < -0.4 is 25.0 Å². The second-order valence-corrected chi connectivity index (χ2v) is 5.42. The third kappa shape index (κ3) is 5.21. The lowest BCUT2D eigenvalue weighted by Crippen LogP contribution is -2.17. The molecule has 8 heteroatoms. The Kier molecular flexibility index (Phi) is 6.76. The van der Waals surface area contributed by atoms with Crippen LogP contribution >= 0.6 is 0 Å². The molecule has 0 bridgehead atoms. The number of rotatable bonds is 7. The minimum Gasteiger partial charge on any atom is -0.493 e. The Hall–Kier alpha value is -3.55. The van der Waals surface area contributed by atoms with E-state index in [1.165, 1.54) is 34.5 Å². The highest BCUT2D eigenvalue weighted by atomic mass is 16.5. The molecular weight excluding hydrogens is 350 g/mol. The number of ether oxygens (including phenoxy) is 3. The Labute approximate surface area is 157 Å². The highest BCUT2D eigenvalue weighted by Crippen LogP contribution is 2.37. The van der Waals surface area contributed by atoms with E-state index < -0.39 is 0 Å². The Morgan fingerprint density at radius 3 is 2.04 bits per heavy atom. The number of amides is 2. The third-order valence-electron chi connectivity index (χ3n) is 3.53. The van der Waals surface area contributed by atoms with E-state index in [2.05, 4.69) is 15.8 Å². The Morgan fingerprint density at radius 1 is 0.963 bits per heavy atom. The molecule has 0 aromatic heterocycles. The minimum atomic E-state index is -0.381. The number of anilines is 1. The summed E-state index contributed by atoms with van der Waals surface area (Å²) in [6.07, 6.45) is 1.47. The van der Waals surface area contributed by atoms with Crippen molar-refractivity contribution in [3.05, 3.63) is 47.5 Å². The molecule has 0 aliphatic rings. The molecule has 0 saturated heterocycles. The first-order chi connectivity index (χ1) is 13.0. The van der Waals surface area contributed by atoms with Crippen molar-refractivity contribution in [2.75, 3.05) is 26.6 Å². The summed E-state index contributed by atoms with van der Waals surface area (Å²) in [5.74, 6) is 0.882. The van der Waals surface area contributed by atoms with Crippen LogP contribution in [-0.2, 0) is 4.79 Å². The van der Waals surface area contributed by atoms with Crippen molar-refractivity contribution in [2.45, 2.75) is 6.92 Å². The summed E-state index contributed by atoms with van der Waals surface area (Å²) in [6.45, 7) is 1.42. The fraction of sp³-hybridized carbons (Fsp3) is 0.211. The molecule has 0 aliphatic heterocycles. The van der Waals surface area contributed by atoms with Crippen molar-refractivity contribution in [3.8, 4) is 17.2 Å². The number of hydrogen-bond acceptors (Lipinski definition) is 6. The molecule has 0 spiro atoms. The number of nitrogens with zero attached hydrogens (tertiary/aromatic N) is 1. The van der Waals surface area contributed by atoms with E-state index in [1.54, 1.807) is 36.4 Å². The molecule has 2 rings (SSSR count). The maximum Gasteiger partial charge on any atom is 0.271 e. The maximum atomic E-state index is 12.1. The third-order valence-corrected chi connectivity index (χ3v) is 3.53. The fourth-order valence-corrected chi connectivity index (χ4v) is 2.31. The summed E-state index contributed by atoms with van der Waals surface area (Å²) in [5.41, 5.74) is 4.12. The highest BCUT2D eigenvalue weighted by Gasteiger charge is 2.12. The van der Waals surface area contributed by atoms with E-state index >= 15 is 0 Å². The Balaban J connectivity index is 2.08. The van der Waals surface area contributed by atoms with Gasteiger partial charge in [0.25, 0.3) is 5.91 Å². The predicted molar refractivity (Wildman–Crippen MR) is 102 cm³/mol. The first kappa shape index (κ1) is 19.8. The van der Waals surface area contributed by atoms with E-state index in [1.807, 2.05) is 0 Å². The fourth-order valence-electron chi connectivity index (χ4n) is 2.31. The average Bonchev–Trinajstić information content (AvgIpc) is 2.67. The van der Waals surface area contributed by atoms with Crippen LogP contribution in [0, 0.1) is 0 Å². The van der Waals surface area contributed by atoms with Crippen LogP contribution in [0.15, 0.2) is 41.5 Å². The summed E-state index contributed by atoms with van der Waals surface area (Å²) in [6, 6.07) is 9.88. The number of benzene rings is 2. The SMILES string of the molecule is COc1cc(/C=N\NC(=O)c2ccc(NC(C)=O)cc2)cc(OC)c1OC. The Bertz CT molecular complexity index is 822. The standard InChI is InChI=1S/C19H21N3O5/c1-12(23)21-15-7-5-14(6-8-15)19(24)22-20-11-13-9-16(25-2)18(27-4)17(10-13)26-3/h5-11H,1-4H3,(H,21,23)(H,22,24)/b20-11-.